The number of anilines is 1. The summed E-state index contributed by atoms with van der Waals surface area (Å²) < 4.78 is 19.9. The number of halogens is 2. The Morgan fingerprint density at radius 2 is 1.77 bits per heavy atom. The fourth-order valence-corrected chi connectivity index (χ4v) is 3.15. The SMILES string of the molecule is Cc1ccc(CNC(=O)C(=O)N/N=C\c2ccccc2OCC(=O)Nc2ccc(Br)cc2F)cc1. The molecule has 3 amide bonds. The summed E-state index contributed by atoms with van der Waals surface area (Å²) >= 11 is 3.15. The van der Waals surface area contributed by atoms with Crippen LogP contribution >= 0.6 is 15.9 Å². The number of carbonyl (C=O) groups excluding carboxylic acids is 3. The molecule has 3 N–H and O–H groups in total. The number of nitrogens with one attached hydrogen (secondary N) is 3. The number of hydrazone groups is 1. The second-order valence-corrected chi connectivity index (χ2v) is 8.28. The van der Waals surface area contributed by atoms with Crippen molar-refractivity contribution in [3.05, 3.63) is 93.7 Å². The van der Waals surface area contributed by atoms with E-state index in [1.54, 1.807) is 30.3 Å². The topological polar surface area (TPSA) is 109 Å². The third-order valence-electron chi connectivity index (χ3n) is 4.63. The lowest BCUT2D eigenvalue weighted by atomic mass is 10.1. The molecule has 0 saturated heterocycles. The van der Waals surface area contributed by atoms with E-state index in [0.29, 0.717) is 15.8 Å². The summed E-state index contributed by atoms with van der Waals surface area (Å²) in [5.74, 6) is -2.59. The number of para-hydroxylation sites is 1. The van der Waals surface area contributed by atoms with Gasteiger partial charge in [0.15, 0.2) is 6.61 Å². The van der Waals surface area contributed by atoms with Crippen LogP contribution in [0.15, 0.2) is 76.3 Å². The van der Waals surface area contributed by atoms with Gasteiger partial charge in [0.05, 0.1) is 11.9 Å². The van der Waals surface area contributed by atoms with Gasteiger partial charge in [-0.3, -0.25) is 14.4 Å². The number of hydrogen-bond donors (Lipinski definition) is 3. The summed E-state index contributed by atoms with van der Waals surface area (Å²) in [6, 6.07) is 18.5. The number of ether oxygens (including phenoxy) is 1. The van der Waals surface area contributed by atoms with Gasteiger partial charge in [-0.1, -0.05) is 57.9 Å². The van der Waals surface area contributed by atoms with Gasteiger partial charge >= 0.3 is 11.8 Å². The molecule has 180 valence electrons. The predicted molar refractivity (Wildman–Crippen MR) is 133 cm³/mol. The third kappa shape index (κ3) is 8.04. The molecule has 3 aromatic carbocycles. The maximum absolute atomic E-state index is 13.9. The van der Waals surface area contributed by atoms with Gasteiger partial charge in [0.1, 0.15) is 11.6 Å². The van der Waals surface area contributed by atoms with Gasteiger partial charge < -0.3 is 15.4 Å². The summed E-state index contributed by atoms with van der Waals surface area (Å²) in [5.41, 5.74) is 4.58. The van der Waals surface area contributed by atoms with Crippen molar-refractivity contribution in [1.82, 2.24) is 10.7 Å². The van der Waals surface area contributed by atoms with E-state index in [9.17, 15) is 18.8 Å². The zero-order chi connectivity index (χ0) is 25.2. The van der Waals surface area contributed by atoms with E-state index < -0.39 is 23.5 Å². The van der Waals surface area contributed by atoms with E-state index in [0.717, 1.165) is 11.1 Å². The first-order chi connectivity index (χ1) is 16.8. The minimum Gasteiger partial charge on any atom is -0.483 e. The Labute approximate surface area is 209 Å². The molecule has 3 aromatic rings. The van der Waals surface area contributed by atoms with Gasteiger partial charge in [-0.15, -0.1) is 0 Å². The van der Waals surface area contributed by atoms with Crippen LogP contribution < -0.4 is 20.8 Å². The van der Waals surface area contributed by atoms with Crippen LogP contribution in [0.3, 0.4) is 0 Å². The Bertz CT molecular complexity index is 1250. The zero-order valence-electron chi connectivity index (χ0n) is 18.7. The van der Waals surface area contributed by atoms with Crippen LogP contribution in [-0.2, 0) is 20.9 Å². The molecule has 0 spiro atoms. The van der Waals surface area contributed by atoms with Crippen molar-refractivity contribution < 1.29 is 23.5 Å². The minimum absolute atomic E-state index is 0.0278. The van der Waals surface area contributed by atoms with Crippen LogP contribution in [-0.4, -0.2) is 30.5 Å². The monoisotopic (exact) mass is 540 g/mol. The Morgan fingerprint density at radius 1 is 1.03 bits per heavy atom. The lowest BCUT2D eigenvalue weighted by molar-refractivity contribution is -0.139. The quantitative estimate of drug-likeness (QED) is 0.230. The highest BCUT2D eigenvalue weighted by Gasteiger charge is 2.13. The number of nitrogens with zero attached hydrogens (tertiary/aromatic N) is 1. The van der Waals surface area contributed by atoms with Crippen LogP contribution in [0.4, 0.5) is 10.1 Å². The van der Waals surface area contributed by atoms with Crippen molar-refractivity contribution in [3.63, 3.8) is 0 Å². The summed E-state index contributed by atoms with van der Waals surface area (Å²) in [6.45, 7) is 1.78. The smallest absolute Gasteiger partial charge is 0.329 e. The first-order valence-electron chi connectivity index (χ1n) is 10.5. The van der Waals surface area contributed by atoms with E-state index in [2.05, 4.69) is 37.1 Å². The highest BCUT2D eigenvalue weighted by molar-refractivity contribution is 9.10. The molecular formula is C25H22BrFN4O4. The average Bonchev–Trinajstić information content (AvgIpc) is 2.84. The van der Waals surface area contributed by atoms with Crippen LogP contribution in [0.25, 0.3) is 0 Å². The second-order valence-electron chi connectivity index (χ2n) is 7.37. The van der Waals surface area contributed by atoms with E-state index >= 15 is 0 Å². The number of benzene rings is 3. The van der Waals surface area contributed by atoms with Crippen molar-refractivity contribution in [2.45, 2.75) is 13.5 Å². The van der Waals surface area contributed by atoms with Gasteiger partial charge in [0, 0.05) is 16.6 Å². The standard InChI is InChI=1S/C25H22BrFN4O4/c1-16-6-8-17(9-7-16)13-28-24(33)25(34)31-29-14-18-4-2-3-5-22(18)35-15-23(32)30-21-11-10-19(26)12-20(21)27/h2-12,14H,13,15H2,1H3,(H,28,33)(H,30,32)(H,31,34)/b29-14-. The maximum atomic E-state index is 13.9. The molecule has 0 aliphatic carbocycles. The summed E-state index contributed by atoms with van der Waals surface area (Å²) in [4.78, 5) is 36.1. The third-order valence-corrected chi connectivity index (χ3v) is 5.13. The Hall–Kier alpha value is -4.05. The van der Waals surface area contributed by atoms with Crippen molar-refractivity contribution in [2.24, 2.45) is 5.10 Å². The van der Waals surface area contributed by atoms with Crippen LogP contribution in [0, 0.1) is 12.7 Å². The van der Waals surface area contributed by atoms with E-state index in [1.807, 2.05) is 31.2 Å². The second kappa shape index (κ2) is 12.4. The van der Waals surface area contributed by atoms with Crippen LogP contribution in [0.5, 0.6) is 5.75 Å². The molecule has 10 heteroatoms. The molecule has 0 fully saturated rings. The minimum atomic E-state index is -0.928. The van der Waals surface area contributed by atoms with E-state index in [-0.39, 0.29) is 18.8 Å². The molecule has 35 heavy (non-hydrogen) atoms. The number of hydrogen-bond acceptors (Lipinski definition) is 5. The summed E-state index contributed by atoms with van der Waals surface area (Å²) in [6.07, 6.45) is 1.28. The first kappa shape index (κ1) is 25.6. The average molecular weight is 541 g/mol. The summed E-state index contributed by atoms with van der Waals surface area (Å²) in [7, 11) is 0. The van der Waals surface area contributed by atoms with Crippen LogP contribution in [0.2, 0.25) is 0 Å². The maximum Gasteiger partial charge on any atom is 0.329 e. The van der Waals surface area contributed by atoms with E-state index in [1.165, 1.54) is 18.3 Å². The molecule has 0 saturated carbocycles. The van der Waals surface area contributed by atoms with Crippen molar-refractivity contribution in [2.75, 3.05) is 11.9 Å². The van der Waals surface area contributed by atoms with Gasteiger partial charge in [0.2, 0.25) is 0 Å². The largest absolute Gasteiger partial charge is 0.483 e. The molecular weight excluding hydrogens is 519 g/mol. The van der Waals surface area contributed by atoms with Gasteiger partial charge in [0.25, 0.3) is 5.91 Å². The number of aryl methyl sites for hydroxylation is 1. The van der Waals surface area contributed by atoms with Crippen molar-refractivity contribution in [1.29, 1.82) is 0 Å². The van der Waals surface area contributed by atoms with Gasteiger partial charge in [-0.25, -0.2) is 9.82 Å². The molecule has 8 nitrogen and oxygen atoms in total. The fourth-order valence-electron chi connectivity index (χ4n) is 2.82. The summed E-state index contributed by atoms with van der Waals surface area (Å²) in [5, 5.41) is 8.73. The Balaban J connectivity index is 1.50. The van der Waals surface area contributed by atoms with Crippen molar-refractivity contribution in [3.8, 4) is 5.75 Å². The number of amides is 3. The van der Waals surface area contributed by atoms with Gasteiger partial charge in [-0.2, -0.15) is 5.10 Å². The molecule has 0 atom stereocenters. The van der Waals surface area contributed by atoms with E-state index in [4.69, 9.17) is 4.74 Å². The van der Waals surface area contributed by atoms with Crippen LogP contribution in [0.1, 0.15) is 16.7 Å². The molecule has 0 radical (unpaired) electrons. The normalized spacial score (nSPS) is 10.6. The Morgan fingerprint density at radius 3 is 2.51 bits per heavy atom. The first-order valence-corrected chi connectivity index (χ1v) is 11.2. The highest BCUT2D eigenvalue weighted by atomic mass is 79.9. The molecule has 0 bridgehead atoms. The lowest BCUT2D eigenvalue weighted by Gasteiger charge is -2.10. The molecule has 3 rings (SSSR count). The Kier molecular flexibility index (Phi) is 9.08. The molecule has 0 aliphatic rings. The van der Waals surface area contributed by atoms with Crippen molar-refractivity contribution >= 4 is 45.6 Å². The predicted octanol–water partition coefficient (Wildman–Crippen LogP) is 3.68. The molecule has 0 unspecified atom stereocenters. The number of rotatable bonds is 8. The lowest BCUT2D eigenvalue weighted by Crippen LogP contribution is -2.37. The number of carbonyl (C=O) groups is 3. The molecule has 0 aliphatic heterocycles. The molecule has 0 heterocycles. The molecule has 0 aromatic heterocycles. The zero-order valence-corrected chi connectivity index (χ0v) is 20.3. The highest BCUT2D eigenvalue weighted by Crippen LogP contribution is 2.20. The van der Waals surface area contributed by atoms with Gasteiger partial charge in [-0.05, 0) is 42.8 Å². The fraction of sp³-hybridized carbons (Fsp3) is 0.120.